The Hall–Kier alpha value is -7.39. The summed E-state index contributed by atoms with van der Waals surface area (Å²) in [6.45, 7) is 0. The summed E-state index contributed by atoms with van der Waals surface area (Å²) in [7, 11) is 0. The minimum absolute atomic E-state index is 0.507. The van der Waals surface area contributed by atoms with Crippen LogP contribution in [0.5, 0.6) is 0 Å². The Labute approximate surface area is 287 Å². The van der Waals surface area contributed by atoms with Crippen molar-refractivity contribution in [2.75, 3.05) is 0 Å². The van der Waals surface area contributed by atoms with E-state index in [4.69, 9.17) is 0 Å². The predicted molar refractivity (Wildman–Crippen MR) is 200 cm³/mol. The molecule has 0 unspecified atom stereocenters. The third kappa shape index (κ3) is 4.31. The third-order valence-electron chi connectivity index (χ3n) is 9.63. The topological polar surface area (TPSA) is 81.2 Å². The zero-order valence-corrected chi connectivity index (χ0v) is 26.7. The molecule has 0 saturated carbocycles. The Balaban J connectivity index is 1.22. The molecule has 5 heteroatoms. The Kier molecular flexibility index (Phi) is 6.56. The fourth-order valence-electron chi connectivity index (χ4n) is 7.48. The number of hydrogen-bond donors (Lipinski definition) is 0. The minimum atomic E-state index is 0.507. The summed E-state index contributed by atoms with van der Waals surface area (Å²) in [5.74, 6) is 0. The van der Waals surface area contributed by atoms with E-state index in [0.29, 0.717) is 16.7 Å². The summed E-state index contributed by atoms with van der Waals surface area (Å²) < 4.78 is 4.42. The number of nitrogens with zero attached hydrogens (tertiary/aromatic N) is 5. The molecule has 0 N–H and O–H groups in total. The van der Waals surface area contributed by atoms with Crippen molar-refractivity contribution < 1.29 is 0 Å². The van der Waals surface area contributed by atoms with Crippen LogP contribution in [0, 0.1) is 34.0 Å². The monoisotopic (exact) mass is 635 g/mol. The second kappa shape index (κ2) is 11.4. The highest BCUT2D eigenvalue weighted by molar-refractivity contribution is 6.11. The van der Waals surface area contributed by atoms with Crippen molar-refractivity contribution in [3.05, 3.63) is 168 Å². The quantitative estimate of drug-likeness (QED) is 0.193. The summed E-state index contributed by atoms with van der Waals surface area (Å²) in [5, 5.41) is 34.9. The molecule has 9 rings (SSSR count). The Bertz CT molecular complexity index is 2920. The van der Waals surface area contributed by atoms with Crippen LogP contribution in [-0.4, -0.2) is 9.13 Å². The van der Waals surface area contributed by atoms with Crippen LogP contribution in [0.4, 0.5) is 0 Å². The molecule has 50 heavy (non-hydrogen) atoms. The Morgan fingerprint density at radius 1 is 0.400 bits per heavy atom. The van der Waals surface area contributed by atoms with Gasteiger partial charge in [0.05, 0.1) is 62.7 Å². The molecule has 0 aliphatic rings. The zero-order chi connectivity index (χ0) is 33.8. The fourth-order valence-corrected chi connectivity index (χ4v) is 7.48. The second-order valence-corrected chi connectivity index (χ2v) is 12.3. The molecular weight excluding hydrogens is 611 g/mol. The first kappa shape index (κ1) is 28.8. The summed E-state index contributed by atoms with van der Waals surface area (Å²) in [4.78, 5) is 0. The van der Waals surface area contributed by atoms with Gasteiger partial charge in [0.2, 0.25) is 0 Å². The van der Waals surface area contributed by atoms with Crippen molar-refractivity contribution in [3.8, 4) is 51.8 Å². The molecule has 7 aromatic carbocycles. The van der Waals surface area contributed by atoms with Crippen LogP contribution < -0.4 is 0 Å². The minimum Gasteiger partial charge on any atom is -0.309 e. The molecule has 0 fully saturated rings. The summed E-state index contributed by atoms with van der Waals surface area (Å²) in [5.41, 5.74) is 10.8. The number of nitriles is 3. The molecule has 0 aliphatic heterocycles. The smallest absolute Gasteiger partial charge is 0.0998 e. The van der Waals surface area contributed by atoms with Gasteiger partial charge in [-0.05, 0) is 83.4 Å². The van der Waals surface area contributed by atoms with Crippen LogP contribution >= 0.6 is 0 Å². The molecule has 0 saturated heterocycles. The van der Waals surface area contributed by atoms with Crippen molar-refractivity contribution in [1.29, 1.82) is 15.8 Å². The lowest BCUT2D eigenvalue weighted by atomic mass is 9.92. The maximum absolute atomic E-state index is 10.5. The SMILES string of the molecule is N#Cc1ccc2c(c1)c1ccccc1n2-c1cccc(C#N)c1-c1ccc(-c2cccc(-n3c4ccccc4c4ccccc43)c2)c(C#N)c1. The molecule has 9 aromatic rings. The van der Waals surface area contributed by atoms with Gasteiger partial charge in [-0.15, -0.1) is 0 Å². The van der Waals surface area contributed by atoms with Crippen molar-refractivity contribution in [2.45, 2.75) is 0 Å². The first-order chi connectivity index (χ1) is 24.7. The molecule has 0 amide bonds. The normalized spacial score (nSPS) is 11.1. The van der Waals surface area contributed by atoms with Crippen LogP contribution in [-0.2, 0) is 0 Å². The maximum atomic E-state index is 10.5. The van der Waals surface area contributed by atoms with E-state index in [0.717, 1.165) is 66.5 Å². The molecule has 0 bridgehead atoms. The molecule has 230 valence electrons. The highest BCUT2D eigenvalue weighted by atomic mass is 15.0. The van der Waals surface area contributed by atoms with Crippen molar-refractivity contribution >= 4 is 43.6 Å². The lowest BCUT2D eigenvalue weighted by Crippen LogP contribution is -2.00. The van der Waals surface area contributed by atoms with Crippen LogP contribution in [0.3, 0.4) is 0 Å². The lowest BCUT2D eigenvalue weighted by Gasteiger charge is -2.17. The van der Waals surface area contributed by atoms with Crippen LogP contribution in [0.25, 0.3) is 77.2 Å². The van der Waals surface area contributed by atoms with E-state index in [1.54, 1.807) is 0 Å². The highest BCUT2D eigenvalue weighted by Crippen LogP contribution is 2.40. The first-order valence-corrected chi connectivity index (χ1v) is 16.3. The van der Waals surface area contributed by atoms with E-state index in [1.807, 2.05) is 78.9 Å². The number of rotatable bonds is 4. The van der Waals surface area contributed by atoms with Gasteiger partial charge in [0, 0.05) is 32.8 Å². The van der Waals surface area contributed by atoms with Gasteiger partial charge in [0.15, 0.2) is 0 Å². The summed E-state index contributed by atoms with van der Waals surface area (Å²) in [6.07, 6.45) is 0. The standard InChI is InChI=1S/C45H25N5/c46-26-29-19-22-43-39(23-29)38-14-3-6-17-42(38)50(43)44-18-8-10-32(27-47)45(44)31-20-21-35(33(24-31)28-48)30-9-7-11-34(25-30)49-40-15-4-1-12-36(40)37-13-2-5-16-41(37)49/h1-25H. The third-order valence-corrected chi connectivity index (χ3v) is 9.63. The summed E-state index contributed by atoms with van der Waals surface area (Å²) >= 11 is 0. The van der Waals surface area contributed by atoms with Gasteiger partial charge >= 0.3 is 0 Å². The van der Waals surface area contributed by atoms with Gasteiger partial charge in [-0.1, -0.05) is 84.9 Å². The van der Waals surface area contributed by atoms with E-state index >= 15 is 0 Å². The first-order valence-electron chi connectivity index (χ1n) is 16.3. The molecule has 0 radical (unpaired) electrons. The van der Waals surface area contributed by atoms with E-state index in [-0.39, 0.29) is 0 Å². The maximum Gasteiger partial charge on any atom is 0.0998 e. The molecule has 2 aromatic heterocycles. The van der Waals surface area contributed by atoms with E-state index in [2.05, 4.69) is 100 Å². The molecular formula is C45H25N5. The average Bonchev–Trinajstić information content (AvgIpc) is 3.70. The van der Waals surface area contributed by atoms with Crippen molar-refractivity contribution in [1.82, 2.24) is 9.13 Å². The van der Waals surface area contributed by atoms with Crippen LogP contribution in [0.1, 0.15) is 16.7 Å². The number of para-hydroxylation sites is 3. The number of benzene rings is 7. The molecule has 0 atom stereocenters. The van der Waals surface area contributed by atoms with Gasteiger partial charge < -0.3 is 9.13 Å². The zero-order valence-electron chi connectivity index (χ0n) is 26.7. The lowest BCUT2D eigenvalue weighted by molar-refractivity contribution is 1.18. The Morgan fingerprint density at radius 2 is 1.02 bits per heavy atom. The largest absolute Gasteiger partial charge is 0.309 e. The van der Waals surface area contributed by atoms with E-state index < -0.39 is 0 Å². The van der Waals surface area contributed by atoms with Crippen molar-refractivity contribution in [3.63, 3.8) is 0 Å². The van der Waals surface area contributed by atoms with Gasteiger partial charge in [-0.2, -0.15) is 15.8 Å². The predicted octanol–water partition coefficient (Wildman–Crippen LogP) is 10.8. The molecule has 2 heterocycles. The van der Waals surface area contributed by atoms with Gasteiger partial charge in [-0.3, -0.25) is 0 Å². The molecule has 5 nitrogen and oxygen atoms in total. The summed E-state index contributed by atoms with van der Waals surface area (Å²) in [6, 6.07) is 57.7. The van der Waals surface area contributed by atoms with Crippen LogP contribution in [0.2, 0.25) is 0 Å². The van der Waals surface area contributed by atoms with Gasteiger partial charge in [0.1, 0.15) is 0 Å². The van der Waals surface area contributed by atoms with E-state index in [9.17, 15) is 15.8 Å². The van der Waals surface area contributed by atoms with Crippen LogP contribution in [0.15, 0.2) is 152 Å². The second-order valence-electron chi connectivity index (χ2n) is 12.3. The van der Waals surface area contributed by atoms with Gasteiger partial charge in [0.25, 0.3) is 0 Å². The van der Waals surface area contributed by atoms with Crippen molar-refractivity contribution in [2.24, 2.45) is 0 Å². The number of aromatic nitrogens is 2. The average molecular weight is 636 g/mol. The number of fused-ring (bicyclic) bond motifs is 6. The van der Waals surface area contributed by atoms with Gasteiger partial charge in [-0.25, -0.2) is 0 Å². The highest BCUT2D eigenvalue weighted by Gasteiger charge is 2.20. The Morgan fingerprint density at radius 3 is 1.70 bits per heavy atom. The fraction of sp³-hybridized carbons (Fsp3) is 0. The molecule has 0 aliphatic carbocycles. The molecule has 0 spiro atoms. The number of hydrogen-bond acceptors (Lipinski definition) is 3. The van der Waals surface area contributed by atoms with E-state index in [1.165, 1.54) is 10.8 Å².